The van der Waals surface area contributed by atoms with Crippen molar-refractivity contribution in [3.8, 4) is 5.75 Å². The SMILES string of the molecule is CC[C@H]1CC[C@@H](Oc2ccc3cc(CN4CCCCC4)ccc3c2)CC1. The molecule has 0 radical (unpaired) electrons. The number of hydrogen-bond donors (Lipinski definition) is 0. The first-order valence-corrected chi connectivity index (χ1v) is 10.7. The van der Waals surface area contributed by atoms with Crippen molar-refractivity contribution in [3.05, 3.63) is 42.0 Å². The van der Waals surface area contributed by atoms with Crippen molar-refractivity contribution >= 4 is 10.8 Å². The molecular weight excluding hydrogens is 318 g/mol. The quantitative estimate of drug-likeness (QED) is 0.638. The summed E-state index contributed by atoms with van der Waals surface area (Å²) in [6, 6.07) is 13.6. The van der Waals surface area contributed by atoms with Crippen LogP contribution in [0.5, 0.6) is 5.75 Å². The van der Waals surface area contributed by atoms with Gasteiger partial charge < -0.3 is 4.74 Å². The topological polar surface area (TPSA) is 12.5 Å². The zero-order valence-electron chi connectivity index (χ0n) is 16.3. The van der Waals surface area contributed by atoms with Crippen LogP contribution in [0.15, 0.2) is 36.4 Å². The van der Waals surface area contributed by atoms with Crippen molar-refractivity contribution in [2.24, 2.45) is 5.92 Å². The molecule has 1 saturated heterocycles. The van der Waals surface area contributed by atoms with Crippen molar-refractivity contribution in [1.82, 2.24) is 4.90 Å². The van der Waals surface area contributed by atoms with Crippen LogP contribution < -0.4 is 4.74 Å². The van der Waals surface area contributed by atoms with Gasteiger partial charge >= 0.3 is 0 Å². The van der Waals surface area contributed by atoms with Crippen molar-refractivity contribution in [2.75, 3.05) is 13.1 Å². The highest BCUT2D eigenvalue weighted by Crippen LogP contribution is 2.30. The Labute approximate surface area is 158 Å². The Balaban J connectivity index is 1.40. The van der Waals surface area contributed by atoms with Gasteiger partial charge in [0.2, 0.25) is 0 Å². The van der Waals surface area contributed by atoms with Crippen LogP contribution in [0.3, 0.4) is 0 Å². The standard InChI is InChI=1S/C24H33NO/c1-2-19-7-11-23(12-8-19)26-24-13-10-21-16-20(6-9-22(21)17-24)18-25-14-4-3-5-15-25/h6,9-10,13,16-17,19,23H,2-5,7-8,11-12,14-15,18H2,1H3/t19-,23+. The summed E-state index contributed by atoms with van der Waals surface area (Å²) >= 11 is 0. The molecule has 4 rings (SSSR count). The van der Waals surface area contributed by atoms with Crippen molar-refractivity contribution in [3.63, 3.8) is 0 Å². The number of piperidine rings is 1. The van der Waals surface area contributed by atoms with Crippen LogP contribution in [-0.4, -0.2) is 24.1 Å². The first-order chi connectivity index (χ1) is 12.8. The minimum Gasteiger partial charge on any atom is -0.490 e. The zero-order chi connectivity index (χ0) is 17.8. The maximum atomic E-state index is 6.30. The lowest BCUT2D eigenvalue weighted by molar-refractivity contribution is 0.130. The summed E-state index contributed by atoms with van der Waals surface area (Å²) < 4.78 is 6.30. The molecule has 0 atom stereocenters. The monoisotopic (exact) mass is 351 g/mol. The molecule has 0 bridgehead atoms. The molecule has 2 heteroatoms. The maximum absolute atomic E-state index is 6.30. The maximum Gasteiger partial charge on any atom is 0.120 e. The Kier molecular flexibility index (Phi) is 5.79. The molecule has 0 unspecified atom stereocenters. The van der Waals surface area contributed by atoms with E-state index in [0.717, 1.165) is 18.2 Å². The number of likely N-dealkylation sites (tertiary alicyclic amines) is 1. The average Bonchev–Trinajstić information content (AvgIpc) is 2.69. The predicted molar refractivity (Wildman–Crippen MR) is 110 cm³/mol. The van der Waals surface area contributed by atoms with Crippen LogP contribution in [0, 0.1) is 5.92 Å². The van der Waals surface area contributed by atoms with E-state index < -0.39 is 0 Å². The van der Waals surface area contributed by atoms with Gasteiger partial charge in [0.1, 0.15) is 5.75 Å². The summed E-state index contributed by atoms with van der Waals surface area (Å²) in [6.07, 6.45) is 10.9. The molecule has 1 saturated carbocycles. The van der Waals surface area contributed by atoms with Gasteiger partial charge in [-0.1, -0.05) is 38.0 Å². The van der Waals surface area contributed by atoms with E-state index in [0.29, 0.717) is 6.10 Å². The summed E-state index contributed by atoms with van der Waals surface area (Å²) in [5.74, 6) is 1.96. The molecule has 2 nitrogen and oxygen atoms in total. The molecule has 2 fully saturated rings. The highest BCUT2D eigenvalue weighted by molar-refractivity contribution is 5.84. The predicted octanol–water partition coefficient (Wildman–Crippen LogP) is 6.17. The van der Waals surface area contributed by atoms with Crippen molar-refractivity contribution in [2.45, 2.75) is 70.9 Å². The van der Waals surface area contributed by atoms with Crippen LogP contribution >= 0.6 is 0 Å². The molecule has 1 aliphatic heterocycles. The number of benzene rings is 2. The third-order valence-corrected chi connectivity index (χ3v) is 6.40. The lowest BCUT2D eigenvalue weighted by atomic mass is 9.86. The van der Waals surface area contributed by atoms with Crippen LogP contribution in [0.2, 0.25) is 0 Å². The van der Waals surface area contributed by atoms with E-state index in [2.05, 4.69) is 48.2 Å². The summed E-state index contributed by atoms with van der Waals surface area (Å²) in [4.78, 5) is 2.59. The van der Waals surface area contributed by atoms with E-state index in [1.165, 1.54) is 80.8 Å². The van der Waals surface area contributed by atoms with Gasteiger partial charge in [-0.15, -0.1) is 0 Å². The molecule has 2 aromatic rings. The fourth-order valence-corrected chi connectivity index (χ4v) is 4.67. The molecule has 1 aliphatic carbocycles. The smallest absolute Gasteiger partial charge is 0.120 e. The van der Waals surface area contributed by atoms with Crippen LogP contribution in [-0.2, 0) is 6.54 Å². The Morgan fingerprint density at radius 2 is 1.62 bits per heavy atom. The molecule has 0 spiro atoms. The van der Waals surface area contributed by atoms with E-state index in [-0.39, 0.29) is 0 Å². The summed E-state index contributed by atoms with van der Waals surface area (Å²) in [5, 5.41) is 2.63. The van der Waals surface area contributed by atoms with Gasteiger partial charge in [0, 0.05) is 6.54 Å². The molecule has 1 heterocycles. The van der Waals surface area contributed by atoms with Crippen LogP contribution in [0.1, 0.15) is 63.9 Å². The Hall–Kier alpha value is -1.54. The van der Waals surface area contributed by atoms with E-state index in [1.807, 2.05) is 0 Å². The minimum atomic E-state index is 0.411. The second kappa shape index (κ2) is 8.43. The Bertz CT molecular complexity index is 711. The van der Waals surface area contributed by atoms with Crippen LogP contribution in [0.25, 0.3) is 10.8 Å². The fourth-order valence-electron chi connectivity index (χ4n) is 4.67. The number of rotatable bonds is 5. The lowest BCUT2D eigenvalue weighted by Gasteiger charge is -2.28. The summed E-state index contributed by atoms with van der Waals surface area (Å²) in [6.45, 7) is 5.92. The van der Waals surface area contributed by atoms with Crippen molar-refractivity contribution < 1.29 is 4.74 Å². The van der Waals surface area contributed by atoms with Crippen molar-refractivity contribution in [1.29, 1.82) is 0 Å². The van der Waals surface area contributed by atoms with Gasteiger partial charge in [0.05, 0.1) is 6.10 Å². The molecule has 0 N–H and O–H groups in total. The average molecular weight is 352 g/mol. The number of fused-ring (bicyclic) bond motifs is 1. The molecule has 2 aliphatic rings. The molecule has 26 heavy (non-hydrogen) atoms. The van der Waals surface area contributed by atoms with E-state index in [1.54, 1.807) is 0 Å². The molecular formula is C24H33NO. The van der Waals surface area contributed by atoms with E-state index in [4.69, 9.17) is 4.74 Å². The third kappa shape index (κ3) is 4.40. The Morgan fingerprint density at radius 1 is 0.885 bits per heavy atom. The summed E-state index contributed by atoms with van der Waals surface area (Å²) in [5.41, 5.74) is 1.44. The van der Waals surface area contributed by atoms with Gasteiger partial charge in [-0.05, 0) is 92.1 Å². The van der Waals surface area contributed by atoms with E-state index in [9.17, 15) is 0 Å². The van der Waals surface area contributed by atoms with E-state index >= 15 is 0 Å². The fraction of sp³-hybridized carbons (Fsp3) is 0.583. The Morgan fingerprint density at radius 3 is 2.38 bits per heavy atom. The number of hydrogen-bond acceptors (Lipinski definition) is 2. The highest BCUT2D eigenvalue weighted by atomic mass is 16.5. The highest BCUT2D eigenvalue weighted by Gasteiger charge is 2.21. The van der Waals surface area contributed by atoms with Gasteiger partial charge in [-0.2, -0.15) is 0 Å². The summed E-state index contributed by atoms with van der Waals surface area (Å²) in [7, 11) is 0. The van der Waals surface area contributed by atoms with Crippen LogP contribution in [0.4, 0.5) is 0 Å². The lowest BCUT2D eigenvalue weighted by Crippen LogP contribution is -2.29. The molecule has 2 aromatic carbocycles. The molecule has 0 aromatic heterocycles. The normalized spacial score (nSPS) is 24.7. The molecule has 140 valence electrons. The number of ether oxygens (including phenoxy) is 1. The number of nitrogens with zero attached hydrogens (tertiary/aromatic N) is 1. The van der Waals surface area contributed by atoms with Gasteiger partial charge in [0.25, 0.3) is 0 Å². The van der Waals surface area contributed by atoms with Gasteiger partial charge in [-0.3, -0.25) is 4.90 Å². The first kappa shape index (κ1) is 17.9. The largest absolute Gasteiger partial charge is 0.490 e. The third-order valence-electron chi connectivity index (χ3n) is 6.40. The second-order valence-corrected chi connectivity index (χ2v) is 8.35. The zero-order valence-corrected chi connectivity index (χ0v) is 16.3. The first-order valence-electron chi connectivity index (χ1n) is 10.7. The second-order valence-electron chi connectivity index (χ2n) is 8.35. The molecule has 0 amide bonds. The van der Waals surface area contributed by atoms with Gasteiger partial charge in [-0.25, -0.2) is 0 Å². The minimum absolute atomic E-state index is 0.411. The van der Waals surface area contributed by atoms with Gasteiger partial charge in [0.15, 0.2) is 0 Å².